The highest BCUT2D eigenvalue weighted by Gasteiger charge is 2.26. The lowest BCUT2D eigenvalue weighted by molar-refractivity contribution is 0.0974. The Hall–Kier alpha value is -3.72. The van der Waals surface area contributed by atoms with Crippen LogP contribution >= 0.6 is 0 Å². The van der Waals surface area contributed by atoms with Crippen LogP contribution in [0.2, 0.25) is 0 Å². The van der Waals surface area contributed by atoms with Crippen LogP contribution < -0.4 is 21.9 Å². The highest BCUT2D eigenvalue weighted by molar-refractivity contribution is 6.08. The second-order valence-electron chi connectivity index (χ2n) is 8.14. The van der Waals surface area contributed by atoms with Gasteiger partial charge >= 0.3 is 5.69 Å². The summed E-state index contributed by atoms with van der Waals surface area (Å²) in [6, 6.07) is 13.1. The third-order valence-corrected chi connectivity index (χ3v) is 5.18. The number of benzene rings is 1. The van der Waals surface area contributed by atoms with Gasteiger partial charge in [-0.3, -0.25) is 29.0 Å². The summed E-state index contributed by atoms with van der Waals surface area (Å²) in [6.07, 6.45) is 0. The van der Waals surface area contributed by atoms with Crippen molar-refractivity contribution in [3.63, 3.8) is 0 Å². The Labute approximate surface area is 191 Å². The van der Waals surface area contributed by atoms with E-state index in [0.717, 1.165) is 11.3 Å². The van der Waals surface area contributed by atoms with Gasteiger partial charge in [-0.05, 0) is 25.0 Å². The first-order valence-corrected chi connectivity index (χ1v) is 10.7. The van der Waals surface area contributed by atoms with Crippen LogP contribution in [0.3, 0.4) is 0 Å². The Kier molecular flexibility index (Phi) is 7.44. The van der Waals surface area contributed by atoms with Gasteiger partial charge in [-0.15, -0.1) is 0 Å². The quantitative estimate of drug-likeness (QED) is 0.542. The molecule has 0 spiro atoms. The van der Waals surface area contributed by atoms with E-state index >= 15 is 0 Å². The molecular weight excluding hydrogens is 422 g/mol. The second-order valence-corrected chi connectivity index (χ2v) is 8.14. The summed E-state index contributed by atoms with van der Waals surface area (Å²) < 4.78 is 6.43. The summed E-state index contributed by atoms with van der Waals surface area (Å²) in [4.78, 5) is 46.8. The molecule has 0 aliphatic rings. The molecule has 0 atom stereocenters. The average Bonchev–Trinajstić information content (AvgIpc) is 2.78. The van der Waals surface area contributed by atoms with Crippen LogP contribution in [0.15, 0.2) is 52.1 Å². The number of hydrogen-bond acceptors (Lipinski definition) is 6. The highest BCUT2D eigenvalue weighted by Crippen LogP contribution is 2.23. The number of aryl methyl sites for hydroxylation is 1. The van der Waals surface area contributed by atoms with Gasteiger partial charge in [0.1, 0.15) is 5.82 Å². The molecule has 9 heteroatoms. The molecule has 0 radical (unpaired) electrons. The number of amides is 1. The molecule has 0 saturated heterocycles. The van der Waals surface area contributed by atoms with Crippen LogP contribution in [-0.4, -0.2) is 40.7 Å². The number of ether oxygens (including phenoxy) is 1. The van der Waals surface area contributed by atoms with Gasteiger partial charge in [0.15, 0.2) is 5.69 Å². The Morgan fingerprint density at radius 2 is 1.88 bits per heavy atom. The molecule has 174 valence electrons. The molecule has 0 fully saturated rings. The normalized spacial score (nSPS) is 11.1. The van der Waals surface area contributed by atoms with Crippen LogP contribution in [-0.2, 0) is 11.3 Å². The largest absolute Gasteiger partial charge is 0.383 e. The number of nitrogen functional groups attached to an aromatic ring is 1. The number of anilines is 2. The number of nitrogens with zero attached hydrogens (tertiary/aromatic N) is 3. The summed E-state index contributed by atoms with van der Waals surface area (Å²) >= 11 is 0. The van der Waals surface area contributed by atoms with E-state index in [0.29, 0.717) is 17.8 Å². The zero-order valence-electron chi connectivity index (χ0n) is 19.3. The lowest BCUT2D eigenvalue weighted by Crippen LogP contribution is -2.43. The summed E-state index contributed by atoms with van der Waals surface area (Å²) in [5.41, 5.74) is 7.33. The van der Waals surface area contributed by atoms with Gasteiger partial charge in [0.2, 0.25) is 0 Å². The van der Waals surface area contributed by atoms with Gasteiger partial charge in [-0.25, -0.2) is 4.79 Å². The van der Waals surface area contributed by atoms with Crippen LogP contribution in [0.1, 0.15) is 29.9 Å². The van der Waals surface area contributed by atoms with E-state index in [1.54, 1.807) is 19.1 Å². The molecule has 0 unspecified atom stereocenters. The molecule has 0 aliphatic carbocycles. The molecule has 3 N–H and O–H groups in total. The molecule has 0 bridgehead atoms. The van der Waals surface area contributed by atoms with Gasteiger partial charge in [0.25, 0.3) is 11.5 Å². The number of rotatable bonds is 8. The Bertz CT molecular complexity index is 1250. The molecule has 0 aliphatic heterocycles. The van der Waals surface area contributed by atoms with Gasteiger partial charge in [-0.1, -0.05) is 44.2 Å². The predicted molar refractivity (Wildman–Crippen MR) is 129 cm³/mol. The van der Waals surface area contributed by atoms with Crippen LogP contribution in [0.4, 0.5) is 11.5 Å². The maximum absolute atomic E-state index is 13.6. The van der Waals surface area contributed by atoms with E-state index in [9.17, 15) is 14.4 Å². The van der Waals surface area contributed by atoms with Crippen molar-refractivity contribution in [3.05, 3.63) is 74.6 Å². The van der Waals surface area contributed by atoms with Crippen molar-refractivity contribution < 1.29 is 9.53 Å². The summed E-state index contributed by atoms with van der Waals surface area (Å²) in [6.45, 7) is 6.13. The first-order chi connectivity index (χ1) is 15.7. The minimum absolute atomic E-state index is 0.0616. The first-order valence-electron chi connectivity index (χ1n) is 10.7. The fraction of sp³-hybridized carbons (Fsp3) is 0.333. The number of carbonyl (C=O) groups is 1. The maximum Gasteiger partial charge on any atom is 0.330 e. The fourth-order valence-electron chi connectivity index (χ4n) is 3.58. The van der Waals surface area contributed by atoms with Gasteiger partial charge in [-0.2, -0.15) is 0 Å². The van der Waals surface area contributed by atoms with Gasteiger partial charge in [0.05, 0.1) is 23.6 Å². The molecule has 33 heavy (non-hydrogen) atoms. The molecule has 9 nitrogen and oxygen atoms in total. The van der Waals surface area contributed by atoms with E-state index in [-0.39, 0.29) is 30.6 Å². The Balaban J connectivity index is 2.08. The molecule has 2 heterocycles. The van der Waals surface area contributed by atoms with E-state index in [1.807, 2.05) is 44.2 Å². The van der Waals surface area contributed by atoms with Gasteiger partial charge in [0, 0.05) is 25.8 Å². The molecule has 1 aromatic carbocycles. The molecule has 1 amide bonds. The van der Waals surface area contributed by atoms with E-state index < -0.39 is 17.2 Å². The third-order valence-electron chi connectivity index (χ3n) is 5.18. The summed E-state index contributed by atoms with van der Waals surface area (Å²) in [7, 11) is 1.50. The minimum atomic E-state index is -0.728. The van der Waals surface area contributed by atoms with Crippen LogP contribution in [0.5, 0.6) is 0 Å². The predicted octanol–water partition coefficient (Wildman–Crippen LogP) is 2.44. The number of aromatic amines is 1. The van der Waals surface area contributed by atoms with Gasteiger partial charge < -0.3 is 10.5 Å². The summed E-state index contributed by atoms with van der Waals surface area (Å²) in [5.74, 6) is -0.416. The number of methoxy groups -OCH3 is 1. The van der Waals surface area contributed by atoms with Crippen molar-refractivity contribution in [1.82, 2.24) is 14.5 Å². The van der Waals surface area contributed by atoms with Crippen molar-refractivity contribution in [2.75, 3.05) is 30.9 Å². The number of carbonyl (C=O) groups excluding carboxylic acids is 1. The number of hydrogen-bond donors (Lipinski definition) is 2. The lowest BCUT2D eigenvalue weighted by atomic mass is 10.1. The zero-order valence-corrected chi connectivity index (χ0v) is 19.3. The number of H-pyrrole nitrogens is 1. The van der Waals surface area contributed by atoms with E-state index in [1.165, 1.54) is 16.6 Å². The molecular formula is C24H29N5O4. The SMILES string of the molecule is COCCN(C(=O)c1ccc(-c2ccccc2)nc1C)c1c(N)n(CC(C)C)c(=O)[nH]c1=O. The second kappa shape index (κ2) is 10.3. The number of pyridine rings is 1. The first kappa shape index (κ1) is 23.9. The Morgan fingerprint density at radius 3 is 2.48 bits per heavy atom. The number of nitrogens with two attached hydrogens (primary N) is 1. The fourth-order valence-corrected chi connectivity index (χ4v) is 3.58. The molecule has 2 aromatic heterocycles. The zero-order chi connectivity index (χ0) is 24.1. The van der Waals surface area contributed by atoms with E-state index in [4.69, 9.17) is 10.5 Å². The van der Waals surface area contributed by atoms with Crippen molar-refractivity contribution >= 4 is 17.4 Å². The van der Waals surface area contributed by atoms with Crippen molar-refractivity contribution in [3.8, 4) is 11.3 Å². The third kappa shape index (κ3) is 5.20. The molecule has 0 saturated carbocycles. The molecule has 3 rings (SSSR count). The van der Waals surface area contributed by atoms with Crippen molar-refractivity contribution in [1.29, 1.82) is 0 Å². The Morgan fingerprint density at radius 1 is 1.18 bits per heavy atom. The van der Waals surface area contributed by atoms with E-state index in [2.05, 4.69) is 9.97 Å². The average molecular weight is 452 g/mol. The number of nitrogens with one attached hydrogen (secondary N) is 1. The lowest BCUT2D eigenvalue weighted by Gasteiger charge is -2.25. The topological polar surface area (TPSA) is 123 Å². The number of aromatic nitrogens is 3. The summed E-state index contributed by atoms with van der Waals surface area (Å²) in [5, 5.41) is 0. The highest BCUT2D eigenvalue weighted by atomic mass is 16.5. The molecule has 3 aromatic rings. The van der Waals surface area contributed by atoms with Crippen LogP contribution in [0.25, 0.3) is 11.3 Å². The smallest absolute Gasteiger partial charge is 0.330 e. The van der Waals surface area contributed by atoms with Crippen molar-refractivity contribution in [2.24, 2.45) is 5.92 Å². The standard InChI is InChI=1S/C24H29N5O4/c1-15(2)14-29-21(25)20(22(30)27-24(29)32)28(12-13-33-4)23(31)18-10-11-19(26-16(18)3)17-8-6-5-7-9-17/h5-11,15H,12-14,25H2,1-4H3,(H,27,30,32). The van der Waals surface area contributed by atoms with Crippen LogP contribution in [0, 0.1) is 12.8 Å². The maximum atomic E-state index is 13.6. The van der Waals surface area contributed by atoms with Crippen molar-refractivity contribution in [2.45, 2.75) is 27.3 Å². The minimum Gasteiger partial charge on any atom is -0.383 e. The monoisotopic (exact) mass is 451 g/mol.